The zero-order valence-corrected chi connectivity index (χ0v) is 11.4. The second-order valence-corrected chi connectivity index (χ2v) is 4.89. The molecular weight excluding hydrogens is 305 g/mol. The molecule has 3 aromatic rings. The lowest BCUT2D eigenvalue weighted by molar-refractivity contribution is 0.587. The molecule has 0 unspecified atom stereocenters. The van der Waals surface area contributed by atoms with Crippen molar-refractivity contribution in [2.75, 3.05) is 0 Å². The fourth-order valence-electron chi connectivity index (χ4n) is 1.89. The van der Waals surface area contributed by atoms with E-state index < -0.39 is 11.6 Å². The fraction of sp³-hybridized carbons (Fsp3) is 0. The van der Waals surface area contributed by atoms with Crippen molar-refractivity contribution >= 4 is 34.1 Å². The Balaban J connectivity index is 2.32. The highest BCUT2D eigenvalue weighted by atomic mass is 35.5. The number of rotatable bonds is 1. The van der Waals surface area contributed by atoms with E-state index in [0.717, 1.165) is 12.1 Å². The van der Waals surface area contributed by atoms with Crippen molar-refractivity contribution in [1.29, 1.82) is 0 Å². The molecule has 0 spiro atoms. The summed E-state index contributed by atoms with van der Waals surface area (Å²) in [6.45, 7) is 0. The fourth-order valence-corrected chi connectivity index (χ4v) is 2.29. The highest BCUT2D eigenvalue weighted by Gasteiger charge is 2.16. The summed E-state index contributed by atoms with van der Waals surface area (Å²) in [5.41, 5.74) is 0.117. The lowest BCUT2D eigenvalue weighted by Gasteiger charge is -2.06. The minimum atomic E-state index is -0.748. The average Bonchev–Trinajstić information content (AvgIpc) is 2.38. The van der Waals surface area contributed by atoms with E-state index in [1.54, 1.807) is 18.2 Å². The van der Waals surface area contributed by atoms with Gasteiger partial charge < -0.3 is 0 Å². The van der Waals surface area contributed by atoms with Crippen LogP contribution in [0.5, 0.6) is 0 Å². The smallest absolute Gasteiger partial charge is 0.167 e. The molecule has 0 radical (unpaired) electrons. The number of fused-ring (bicyclic) bond motifs is 1. The summed E-state index contributed by atoms with van der Waals surface area (Å²) in [5, 5.41) is 1.13. The minimum absolute atomic E-state index is 0.111. The molecule has 0 fully saturated rings. The van der Waals surface area contributed by atoms with E-state index >= 15 is 0 Å². The third kappa shape index (κ3) is 2.21. The molecule has 2 nitrogen and oxygen atoms in total. The number of nitrogens with zero attached hydrogens (tertiary/aromatic N) is 2. The average molecular weight is 311 g/mol. The van der Waals surface area contributed by atoms with Crippen LogP contribution in [0.1, 0.15) is 0 Å². The van der Waals surface area contributed by atoms with Gasteiger partial charge in [-0.15, -0.1) is 0 Å². The van der Waals surface area contributed by atoms with Crippen molar-refractivity contribution in [3.05, 3.63) is 58.2 Å². The predicted molar refractivity (Wildman–Crippen MR) is 74.9 cm³/mol. The monoisotopic (exact) mass is 310 g/mol. The third-order valence-corrected chi connectivity index (χ3v) is 3.32. The molecule has 0 N–H and O–H groups in total. The van der Waals surface area contributed by atoms with Gasteiger partial charge in [0.1, 0.15) is 16.8 Å². The van der Waals surface area contributed by atoms with Crippen LogP contribution in [-0.2, 0) is 0 Å². The normalized spacial score (nSPS) is 11.0. The number of hydrogen-bond acceptors (Lipinski definition) is 2. The summed E-state index contributed by atoms with van der Waals surface area (Å²) in [5.74, 6) is -1.61. The number of benzene rings is 2. The Kier molecular flexibility index (Phi) is 3.28. The van der Waals surface area contributed by atoms with Crippen LogP contribution in [0.2, 0.25) is 10.2 Å². The van der Waals surface area contributed by atoms with E-state index in [0.29, 0.717) is 15.9 Å². The van der Waals surface area contributed by atoms with Crippen LogP contribution in [0.15, 0.2) is 36.4 Å². The molecule has 0 bridgehead atoms. The summed E-state index contributed by atoms with van der Waals surface area (Å²) in [6.07, 6.45) is 0. The van der Waals surface area contributed by atoms with E-state index in [9.17, 15) is 8.78 Å². The quantitative estimate of drug-likeness (QED) is 0.598. The van der Waals surface area contributed by atoms with Gasteiger partial charge in [0.15, 0.2) is 5.82 Å². The van der Waals surface area contributed by atoms with Crippen LogP contribution >= 0.6 is 23.2 Å². The molecule has 6 heteroatoms. The van der Waals surface area contributed by atoms with Gasteiger partial charge in [0.2, 0.25) is 0 Å². The van der Waals surface area contributed by atoms with Gasteiger partial charge in [0, 0.05) is 10.4 Å². The Morgan fingerprint density at radius 3 is 2.30 bits per heavy atom. The largest absolute Gasteiger partial charge is 0.228 e. The molecule has 0 aliphatic heterocycles. The van der Waals surface area contributed by atoms with Gasteiger partial charge in [-0.2, -0.15) is 0 Å². The standard InChI is InChI=1S/C14H6Cl2F2N2/c15-7-4-5-8-11(6-7)19-14(20-13(8)16)12-9(17)2-1-3-10(12)18/h1-6H. The minimum Gasteiger partial charge on any atom is -0.228 e. The van der Waals surface area contributed by atoms with E-state index in [1.807, 2.05) is 0 Å². The second kappa shape index (κ2) is 4.96. The van der Waals surface area contributed by atoms with Crippen LogP contribution in [0.4, 0.5) is 8.78 Å². The van der Waals surface area contributed by atoms with E-state index in [4.69, 9.17) is 23.2 Å². The highest BCUT2D eigenvalue weighted by molar-refractivity contribution is 6.35. The van der Waals surface area contributed by atoms with Crippen molar-refractivity contribution in [3.63, 3.8) is 0 Å². The van der Waals surface area contributed by atoms with Crippen molar-refractivity contribution in [2.45, 2.75) is 0 Å². The lowest BCUT2D eigenvalue weighted by atomic mass is 10.1. The SMILES string of the molecule is Fc1cccc(F)c1-c1nc(Cl)c2ccc(Cl)cc2n1. The van der Waals surface area contributed by atoms with Gasteiger partial charge in [0.05, 0.1) is 11.1 Å². The predicted octanol–water partition coefficient (Wildman–Crippen LogP) is 4.88. The maximum atomic E-state index is 13.8. The number of aromatic nitrogens is 2. The molecule has 0 aliphatic carbocycles. The van der Waals surface area contributed by atoms with Gasteiger partial charge in [-0.05, 0) is 30.3 Å². The zero-order chi connectivity index (χ0) is 14.3. The maximum Gasteiger partial charge on any atom is 0.167 e. The summed E-state index contributed by atoms with van der Waals surface area (Å²) in [7, 11) is 0. The van der Waals surface area contributed by atoms with Crippen LogP contribution < -0.4 is 0 Å². The Bertz CT molecular complexity index is 801. The van der Waals surface area contributed by atoms with E-state index in [1.165, 1.54) is 6.07 Å². The molecule has 0 aliphatic rings. The van der Waals surface area contributed by atoms with Crippen LogP contribution in [0.25, 0.3) is 22.3 Å². The third-order valence-electron chi connectivity index (χ3n) is 2.80. The van der Waals surface area contributed by atoms with E-state index in [2.05, 4.69) is 9.97 Å². The van der Waals surface area contributed by atoms with Crippen molar-refractivity contribution in [3.8, 4) is 11.4 Å². The van der Waals surface area contributed by atoms with Crippen LogP contribution in [0, 0.1) is 11.6 Å². The highest BCUT2D eigenvalue weighted by Crippen LogP contribution is 2.29. The molecular formula is C14H6Cl2F2N2. The van der Waals surface area contributed by atoms with Gasteiger partial charge in [-0.25, -0.2) is 18.7 Å². The molecule has 0 amide bonds. The summed E-state index contributed by atoms with van der Waals surface area (Å²) in [4.78, 5) is 8.08. The molecule has 1 aromatic heterocycles. The topological polar surface area (TPSA) is 25.8 Å². The Morgan fingerprint density at radius 2 is 1.60 bits per heavy atom. The first-order chi connectivity index (χ1) is 9.56. The first-order valence-corrected chi connectivity index (χ1v) is 6.39. The Labute approximate surface area is 123 Å². The first kappa shape index (κ1) is 13.2. The second-order valence-electron chi connectivity index (χ2n) is 4.10. The lowest BCUT2D eigenvalue weighted by Crippen LogP contribution is -1.97. The first-order valence-electron chi connectivity index (χ1n) is 5.63. The summed E-state index contributed by atoms with van der Waals surface area (Å²) >= 11 is 11.9. The van der Waals surface area contributed by atoms with Gasteiger partial charge in [-0.1, -0.05) is 29.3 Å². The zero-order valence-electron chi connectivity index (χ0n) is 9.87. The Morgan fingerprint density at radius 1 is 0.900 bits per heavy atom. The van der Waals surface area contributed by atoms with Crippen LogP contribution in [-0.4, -0.2) is 9.97 Å². The molecule has 3 rings (SSSR count). The van der Waals surface area contributed by atoms with E-state index in [-0.39, 0.29) is 16.5 Å². The number of hydrogen-bond donors (Lipinski definition) is 0. The molecule has 0 atom stereocenters. The summed E-state index contributed by atoms with van der Waals surface area (Å²) in [6, 6.07) is 8.40. The van der Waals surface area contributed by atoms with Gasteiger partial charge >= 0.3 is 0 Å². The maximum absolute atomic E-state index is 13.8. The number of halogens is 4. The van der Waals surface area contributed by atoms with Crippen LogP contribution in [0.3, 0.4) is 0 Å². The summed E-state index contributed by atoms with van der Waals surface area (Å²) < 4.78 is 27.5. The molecule has 0 saturated carbocycles. The van der Waals surface area contributed by atoms with Crippen molar-refractivity contribution in [1.82, 2.24) is 9.97 Å². The molecule has 1 heterocycles. The molecule has 2 aromatic carbocycles. The van der Waals surface area contributed by atoms with Crippen molar-refractivity contribution in [2.24, 2.45) is 0 Å². The van der Waals surface area contributed by atoms with Gasteiger partial charge in [-0.3, -0.25) is 0 Å². The Hall–Kier alpha value is -1.78. The van der Waals surface area contributed by atoms with Gasteiger partial charge in [0.25, 0.3) is 0 Å². The molecule has 20 heavy (non-hydrogen) atoms. The van der Waals surface area contributed by atoms with Crippen molar-refractivity contribution < 1.29 is 8.78 Å². The molecule has 0 saturated heterocycles. The molecule has 100 valence electrons.